The molecule has 2 aromatic rings. The van der Waals surface area contributed by atoms with Crippen LogP contribution in [0.5, 0.6) is 0 Å². The molecular formula is C17H23N5OS. The van der Waals surface area contributed by atoms with Crippen molar-refractivity contribution < 1.29 is 4.79 Å². The van der Waals surface area contributed by atoms with Gasteiger partial charge in [0.15, 0.2) is 11.0 Å². The van der Waals surface area contributed by atoms with Crippen LogP contribution in [0.4, 0.5) is 5.69 Å². The van der Waals surface area contributed by atoms with Crippen LogP contribution in [-0.2, 0) is 18.4 Å². The average Bonchev–Trinajstić information content (AvgIpc) is 3.23. The molecule has 1 saturated heterocycles. The summed E-state index contributed by atoms with van der Waals surface area (Å²) < 4.78 is 1.95. The molecule has 2 heterocycles. The van der Waals surface area contributed by atoms with Crippen LogP contribution in [-0.4, -0.2) is 44.4 Å². The molecule has 3 rings (SSSR count). The second-order valence-corrected chi connectivity index (χ2v) is 7.00. The van der Waals surface area contributed by atoms with E-state index in [0.29, 0.717) is 12.3 Å². The molecule has 1 aromatic heterocycles. The molecule has 0 unspecified atom stereocenters. The Labute approximate surface area is 146 Å². The number of aryl methyl sites for hydroxylation is 1. The molecule has 1 fully saturated rings. The van der Waals surface area contributed by atoms with Crippen LogP contribution in [0.15, 0.2) is 29.4 Å². The number of carbonyl (C=O) groups excluding carboxylic acids is 1. The molecule has 0 bridgehead atoms. The fourth-order valence-electron chi connectivity index (χ4n) is 2.66. The quantitative estimate of drug-likeness (QED) is 0.815. The molecule has 6 nitrogen and oxygen atoms in total. The molecule has 1 aliphatic rings. The highest BCUT2D eigenvalue weighted by Crippen LogP contribution is 2.18. The number of carbonyl (C=O) groups is 1. The lowest BCUT2D eigenvalue weighted by molar-refractivity contribution is -0.127. The van der Waals surface area contributed by atoms with Crippen LogP contribution in [0, 0.1) is 6.92 Å². The van der Waals surface area contributed by atoms with Gasteiger partial charge in [0.25, 0.3) is 0 Å². The Kier molecular flexibility index (Phi) is 5.40. The van der Waals surface area contributed by atoms with Gasteiger partial charge in [0, 0.05) is 25.8 Å². The van der Waals surface area contributed by atoms with E-state index in [1.54, 1.807) is 0 Å². The average molecular weight is 345 g/mol. The standard InChI is InChI=1S/C17H23N5OS/c1-13-5-7-14(8-6-13)18-11-15-19-20-17(21(15)2)24-12-16(23)22-9-3-4-10-22/h5-8,18H,3-4,9-12H2,1-2H3. The van der Waals surface area contributed by atoms with Gasteiger partial charge in [-0.05, 0) is 31.9 Å². The first-order valence-corrected chi connectivity index (χ1v) is 9.21. The second-order valence-electron chi connectivity index (χ2n) is 6.05. The van der Waals surface area contributed by atoms with Crippen LogP contribution in [0.2, 0.25) is 0 Å². The molecule has 1 N–H and O–H groups in total. The maximum absolute atomic E-state index is 12.1. The van der Waals surface area contributed by atoms with Gasteiger partial charge in [0.05, 0.1) is 12.3 Å². The van der Waals surface area contributed by atoms with Crippen molar-refractivity contribution in [1.82, 2.24) is 19.7 Å². The predicted molar refractivity (Wildman–Crippen MR) is 96.0 cm³/mol. The smallest absolute Gasteiger partial charge is 0.233 e. The molecular weight excluding hydrogens is 322 g/mol. The zero-order chi connectivity index (χ0) is 16.9. The number of benzene rings is 1. The van der Waals surface area contributed by atoms with Crippen molar-refractivity contribution in [1.29, 1.82) is 0 Å². The predicted octanol–water partition coefficient (Wildman–Crippen LogP) is 2.45. The number of nitrogens with zero attached hydrogens (tertiary/aromatic N) is 4. The molecule has 1 amide bonds. The van der Waals surface area contributed by atoms with E-state index >= 15 is 0 Å². The number of thioether (sulfide) groups is 1. The number of nitrogens with one attached hydrogen (secondary N) is 1. The van der Waals surface area contributed by atoms with Gasteiger partial charge in [0.2, 0.25) is 5.91 Å². The first-order chi connectivity index (χ1) is 11.6. The summed E-state index contributed by atoms with van der Waals surface area (Å²) in [5.41, 5.74) is 2.29. The highest BCUT2D eigenvalue weighted by molar-refractivity contribution is 7.99. The summed E-state index contributed by atoms with van der Waals surface area (Å²) >= 11 is 1.46. The van der Waals surface area contributed by atoms with Crippen molar-refractivity contribution in [2.45, 2.75) is 31.5 Å². The van der Waals surface area contributed by atoms with Crippen molar-refractivity contribution in [3.05, 3.63) is 35.7 Å². The zero-order valence-corrected chi connectivity index (χ0v) is 15.0. The Morgan fingerprint density at radius 3 is 2.62 bits per heavy atom. The Morgan fingerprint density at radius 2 is 1.92 bits per heavy atom. The zero-order valence-electron chi connectivity index (χ0n) is 14.2. The summed E-state index contributed by atoms with van der Waals surface area (Å²) in [6.07, 6.45) is 2.24. The van der Waals surface area contributed by atoms with Gasteiger partial charge in [-0.15, -0.1) is 10.2 Å². The Balaban J connectivity index is 1.53. The first kappa shape index (κ1) is 16.8. The molecule has 0 spiro atoms. The number of likely N-dealkylation sites (tertiary alicyclic amines) is 1. The topological polar surface area (TPSA) is 63.1 Å². The van der Waals surface area contributed by atoms with Gasteiger partial charge < -0.3 is 14.8 Å². The van der Waals surface area contributed by atoms with Crippen LogP contribution in [0.1, 0.15) is 24.2 Å². The monoisotopic (exact) mass is 345 g/mol. The van der Waals surface area contributed by atoms with Gasteiger partial charge in [0.1, 0.15) is 0 Å². The molecule has 24 heavy (non-hydrogen) atoms. The van der Waals surface area contributed by atoms with E-state index in [2.05, 4.69) is 46.7 Å². The lowest BCUT2D eigenvalue weighted by atomic mass is 10.2. The SMILES string of the molecule is Cc1ccc(NCc2nnc(SCC(=O)N3CCCC3)n2C)cc1. The summed E-state index contributed by atoms with van der Waals surface area (Å²) in [6, 6.07) is 8.25. The number of anilines is 1. The highest BCUT2D eigenvalue weighted by atomic mass is 32.2. The van der Waals surface area contributed by atoms with E-state index in [1.165, 1.54) is 17.3 Å². The lowest BCUT2D eigenvalue weighted by Crippen LogP contribution is -2.29. The summed E-state index contributed by atoms with van der Waals surface area (Å²) in [5.74, 6) is 1.48. The number of hydrogen-bond acceptors (Lipinski definition) is 5. The number of hydrogen-bond donors (Lipinski definition) is 1. The molecule has 7 heteroatoms. The van der Waals surface area contributed by atoms with E-state index < -0.39 is 0 Å². The first-order valence-electron chi connectivity index (χ1n) is 8.23. The second kappa shape index (κ2) is 7.70. The summed E-state index contributed by atoms with van der Waals surface area (Å²) in [7, 11) is 1.94. The fourth-order valence-corrected chi connectivity index (χ4v) is 3.49. The molecule has 0 aliphatic carbocycles. The van der Waals surface area contributed by atoms with Gasteiger partial charge >= 0.3 is 0 Å². The van der Waals surface area contributed by atoms with E-state index in [0.717, 1.165) is 42.6 Å². The number of amides is 1. The van der Waals surface area contributed by atoms with Crippen molar-refractivity contribution >= 4 is 23.4 Å². The van der Waals surface area contributed by atoms with Crippen molar-refractivity contribution in [3.8, 4) is 0 Å². The molecule has 1 aromatic carbocycles. The third kappa shape index (κ3) is 4.08. The van der Waals surface area contributed by atoms with Crippen molar-refractivity contribution in [2.75, 3.05) is 24.2 Å². The fraction of sp³-hybridized carbons (Fsp3) is 0.471. The number of rotatable bonds is 6. The third-order valence-corrected chi connectivity index (χ3v) is 5.22. The van der Waals surface area contributed by atoms with E-state index in [9.17, 15) is 4.79 Å². The Morgan fingerprint density at radius 1 is 1.21 bits per heavy atom. The van der Waals surface area contributed by atoms with E-state index in [1.807, 2.05) is 16.5 Å². The lowest BCUT2D eigenvalue weighted by Gasteiger charge is -2.14. The minimum Gasteiger partial charge on any atom is -0.378 e. The molecule has 128 valence electrons. The number of aromatic nitrogens is 3. The highest BCUT2D eigenvalue weighted by Gasteiger charge is 2.19. The van der Waals surface area contributed by atoms with Crippen LogP contribution in [0.3, 0.4) is 0 Å². The summed E-state index contributed by atoms with van der Waals surface area (Å²) in [4.78, 5) is 14.0. The van der Waals surface area contributed by atoms with Gasteiger partial charge in [-0.3, -0.25) is 4.79 Å². The van der Waals surface area contributed by atoms with E-state index in [4.69, 9.17) is 0 Å². The third-order valence-electron chi connectivity index (χ3n) is 4.21. The van der Waals surface area contributed by atoms with Gasteiger partial charge in [-0.1, -0.05) is 29.5 Å². The molecule has 0 saturated carbocycles. The maximum Gasteiger partial charge on any atom is 0.233 e. The Bertz CT molecular complexity index is 692. The minimum absolute atomic E-state index is 0.194. The summed E-state index contributed by atoms with van der Waals surface area (Å²) in [5, 5.41) is 12.6. The van der Waals surface area contributed by atoms with Crippen LogP contribution >= 0.6 is 11.8 Å². The van der Waals surface area contributed by atoms with E-state index in [-0.39, 0.29) is 5.91 Å². The van der Waals surface area contributed by atoms with Gasteiger partial charge in [-0.25, -0.2) is 0 Å². The largest absolute Gasteiger partial charge is 0.378 e. The summed E-state index contributed by atoms with van der Waals surface area (Å²) in [6.45, 7) is 4.46. The molecule has 0 atom stereocenters. The minimum atomic E-state index is 0.194. The molecule has 0 radical (unpaired) electrons. The normalized spacial score (nSPS) is 14.2. The van der Waals surface area contributed by atoms with Crippen molar-refractivity contribution in [3.63, 3.8) is 0 Å². The van der Waals surface area contributed by atoms with Crippen molar-refractivity contribution in [2.24, 2.45) is 7.05 Å². The Hall–Kier alpha value is -2.02. The molecule has 1 aliphatic heterocycles. The van der Waals surface area contributed by atoms with Gasteiger partial charge in [-0.2, -0.15) is 0 Å². The van der Waals surface area contributed by atoms with Crippen LogP contribution < -0.4 is 5.32 Å². The van der Waals surface area contributed by atoms with Crippen LogP contribution in [0.25, 0.3) is 0 Å². The maximum atomic E-state index is 12.1.